The minimum atomic E-state index is -0.634. The van der Waals surface area contributed by atoms with Gasteiger partial charge in [-0.15, -0.1) is 0 Å². The van der Waals surface area contributed by atoms with Gasteiger partial charge in [-0.25, -0.2) is 0 Å². The van der Waals surface area contributed by atoms with Crippen LogP contribution in [-0.2, 0) is 11.2 Å². The van der Waals surface area contributed by atoms with E-state index in [0.717, 1.165) is 62.3 Å². The van der Waals surface area contributed by atoms with Gasteiger partial charge in [0.1, 0.15) is 11.8 Å². The van der Waals surface area contributed by atoms with E-state index in [1.165, 1.54) is 0 Å². The number of nitriles is 1. The molecule has 0 spiro atoms. The van der Waals surface area contributed by atoms with E-state index in [0.29, 0.717) is 37.4 Å². The van der Waals surface area contributed by atoms with Crippen molar-refractivity contribution in [1.82, 2.24) is 15.0 Å². The minimum Gasteiger partial charge on any atom is -0.494 e. The summed E-state index contributed by atoms with van der Waals surface area (Å²) in [5, 5.41) is 13.3. The second kappa shape index (κ2) is 12.4. The molecule has 2 saturated heterocycles. The molecular weight excluding hydrogens is 468 g/mol. The van der Waals surface area contributed by atoms with Crippen LogP contribution in [0.2, 0.25) is 0 Å². The lowest BCUT2D eigenvalue weighted by Crippen LogP contribution is -2.46. The van der Waals surface area contributed by atoms with Crippen LogP contribution < -0.4 is 15.4 Å². The Morgan fingerprint density at radius 1 is 1.19 bits per heavy atom. The van der Waals surface area contributed by atoms with Crippen molar-refractivity contribution in [3.8, 4) is 11.8 Å². The predicted molar refractivity (Wildman–Crippen MR) is 141 cm³/mol. The maximum Gasteiger partial charge on any atom is 0.324 e. The Kier molecular flexibility index (Phi) is 9.04. The lowest BCUT2D eigenvalue weighted by Gasteiger charge is -2.33. The topological polar surface area (TPSA) is 122 Å². The summed E-state index contributed by atoms with van der Waals surface area (Å²) in [6.45, 7) is 9.62. The van der Waals surface area contributed by atoms with Crippen molar-refractivity contribution >= 4 is 11.9 Å². The monoisotopic (exact) mass is 508 g/mol. The molecule has 2 aliphatic rings. The number of carbonyl (C=O) groups is 1. The van der Waals surface area contributed by atoms with Crippen molar-refractivity contribution in [2.24, 2.45) is 17.6 Å². The van der Waals surface area contributed by atoms with E-state index >= 15 is 0 Å². The molecule has 0 bridgehead atoms. The fourth-order valence-electron chi connectivity index (χ4n) is 5.29. The van der Waals surface area contributed by atoms with Crippen molar-refractivity contribution in [2.45, 2.75) is 77.3 Å². The molecule has 1 aromatic carbocycles. The molecule has 2 fully saturated rings. The zero-order valence-corrected chi connectivity index (χ0v) is 22.3. The Morgan fingerprint density at radius 3 is 2.57 bits per heavy atom. The molecule has 0 saturated carbocycles. The molecule has 2 N–H and O–H groups in total. The first kappa shape index (κ1) is 26.9. The number of benzene rings is 1. The van der Waals surface area contributed by atoms with Gasteiger partial charge in [-0.05, 0) is 68.1 Å². The number of likely N-dealkylation sites (tertiary alicyclic amines) is 1. The van der Waals surface area contributed by atoms with E-state index in [4.69, 9.17) is 15.0 Å². The van der Waals surface area contributed by atoms with Gasteiger partial charge in [0.2, 0.25) is 5.91 Å². The summed E-state index contributed by atoms with van der Waals surface area (Å²) in [5.41, 5.74) is 7.16. The highest BCUT2D eigenvalue weighted by Crippen LogP contribution is 2.30. The number of nitrogens with two attached hydrogens (primary N) is 1. The first-order chi connectivity index (χ1) is 17.9. The van der Waals surface area contributed by atoms with Crippen molar-refractivity contribution < 1.29 is 14.1 Å². The highest BCUT2D eigenvalue weighted by Gasteiger charge is 2.31. The Morgan fingerprint density at radius 2 is 1.92 bits per heavy atom. The lowest BCUT2D eigenvalue weighted by molar-refractivity contribution is -0.132. The summed E-state index contributed by atoms with van der Waals surface area (Å²) in [7, 11) is 0. The first-order valence-corrected chi connectivity index (χ1v) is 13.6. The summed E-state index contributed by atoms with van der Waals surface area (Å²) in [4.78, 5) is 21.0. The van der Waals surface area contributed by atoms with E-state index in [-0.39, 0.29) is 17.9 Å². The molecule has 9 nitrogen and oxygen atoms in total. The van der Waals surface area contributed by atoms with Gasteiger partial charge >= 0.3 is 6.01 Å². The van der Waals surface area contributed by atoms with Gasteiger partial charge < -0.3 is 24.8 Å². The third-order valence-electron chi connectivity index (χ3n) is 7.79. The molecule has 2 aliphatic heterocycles. The zero-order valence-electron chi connectivity index (χ0n) is 22.3. The van der Waals surface area contributed by atoms with Crippen LogP contribution in [0.4, 0.5) is 6.01 Å². The van der Waals surface area contributed by atoms with Crippen LogP contribution in [0.15, 0.2) is 28.8 Å². The maximum atomic E-state index is 12.6. The van der Waals surface area contributed by atoms with E-state index in [1.807, 2.05) is 24.3 Å². The van der Waals surface area contributed by atoms with Crippen LogP contribution in [-0.4, -0.2) is 59.3 Å². The van der Waals surface area contributed by atoms with Gasteiger partial charge in [-0.3, -0.25) is 4.79 Å². The first-order valence-electron chi connectivity index (χ1n) is 13.6. The zero-order chi connectivity index (χ0) is 26.4. The van der Waals surface area contributed by atoms with Crippen LogP contribution in [0.25, 0.3) is 0 Å². The number of nitrogens with zero attached hydrogens (tertiary/aromatic N) is 5. The largest absolute Gasteiger partial charge is 0.494 e. The van der Waals surface area contributed by atoms with Crippen LogP contribution >= 0.6 is 0 Å². The quantitative estimate of drug-likeness (QED) is 0.513. The third kappa shape index (κ3) is 6.80. The van der Waals surface area contributed by atoms with Gasteiger partial charge in [0.25, 0.3) is 0 Å². The van der Waals surface area contributed by atoms with Crippen LogP contribution in [0.1, 0.15) is 70.2 Å². The summed E-state index contributed by atoms with van der Waals surface area (Å²) in [6.07, 6.45) is 5.27. The molecule has 37 heavy (non-hydrogen) atoms. The Bertz CT molecular complexity index is 1050. The summed E-state index contributed by atoms with van der Waals surface area (Å²) >= 11 is 0. The van der Waals surface area contributed by atoms with Crippen molar-refractivity contribution in [3.63, 3.8) is 0 Å². The van der Waals surface area contributed by atoms with Gasteiger partial charge in [0.05, 0.1) is 18.7 Å². The second-order valence-corrected chi connectivity index (χ2v) is 10.8. The van der Waals surface area contributed by atoms with Gasteiger partial charge in [-0.1, -0.05) is 38.1 Å². The maximum absolute atomic E-state index is 12.6. The second-order valence-electron chi connectivity index (χ2n) is 10.8. The SMILES string of the molecule is CC(C)c1noc(N2CCC(C(C)CCOc3ccc(CC(N)C(=O)N4CCCC4C#N)cc3)CC2)n1. The van der Waals surface area contributed by atoms with Crippen molar-refractivity contribution in [2.75, 3.05) is 31.1 Å². The van der Waals surface area contributed by atoms with E-state index in [9.17, 15) is 10.1 Å². The molecule has 1 aromatic heterocycles. The van der Waals surface area contributed by atoms with E-state index in [1.54, 1.807) is 4.90 Å². The van der Waals surface area contributed by atoms with Gasteiger partial charge in [-0.2, -0.15) is 10.2 Å². The molecular formula is C28H40N6O3. The summed E-state index contributed by atoms with van der Waals surface area (Å²) < 4.78 is 11.5. The van der Waals surface area contributed by atoms with Crippen LogP contribution in [0.5, 0.6) is 5.75 Å². The fourth-order valence-corrected chi connectivity index (χ4v) is 5.29. The average molecular weight is 509 g/mol. The molecule has 9 heteroatoms. The minimum absolute atomic E-state index is 0.137. The number of aromatic nitrogens is 2. The molecule has 0 radical (unpaired) electrons. The molecule has 200 valence electrons. The molecule has 4 rings (SSSR count). The van der Waals surface area contributed by atoms with Gasteiger partial charge in [0, 0.05) is 25.6 Å². The number of hydrogen-bond donors (Lipinski definition) is 1. The fraction of sp³-hybridized carbons (Fsp3) is 0.643. The summed E-state index contributed by atoms with van der Waals surface area (Å²) in [5.74, 6) is 2.95. The van der Waals surface area contributed by atoms with E-state index < -0.39 is 6.04 Å². The van der Waals surface area contributed by atoms with Crippen LogP contribution in [0.3, 0.4) is 0 Å². The Labute approximate surface area is 219 Å². The van der Waals surface area contributed by atoms with Gasteiger partial charge in [0.15, 0.2) is 5.82 Å². The Hall–Kier alpha value is -3.12. The Balaban J connectivity index is 1.16. The van der Waals surface area contributed by atoms with Crippen LogP contribution in [0, 0.1) is 23.2 Å². The smallest absolute Gasteiger partial charge is 0.324 e. The molecule has 3 unspecified atom stereocenters. The molecule has 1 amide bonds. The number of ether oxygens (including phenoxy) is 1. The molecule has 3 heterocycles. The number of amides is 1. The highest BCUT2D eigenvalue weighted by molar-refractivity contribution is 5.82. The standard InChI is InChI=1S/C28H40N6O3/c1-19(2)26-31-28(37-32-26)33-14-10-22(11-15-33)20(3)12-16-36-24-8-6-21(7-9-24)17-25(30)27(35)34-13-4-5-23(34)18-29/h6-9,19-20,22-23,25H,4-5,10-17,30H2,1-3H3. The number of rotatable bonds is 10. The summed E-state index contributed by atoms with van der Waals surface area (Å²) in [6, 6.07) is 9.70. The number of piperidine rings is 1. The highest BCUT2D eigenvalue weighted by atomic mass is 16.5. The predicted octanol–water partition coefficient (Wildman–Crippen LogP) is 3.90. The number of carbonyl (C=O) groups excluding carboxylic acids is 1. The van der Waals surface area contributed by atoms with Crippen molar-refractivity contribution in [1.29, 1.82) is 5.26 Å². The molecule has 0 aliphatic carbocycles. The number of anilines is 1. The van der Waals surface area contributed by atoms with Crippen molar-refractivity contribution in [3.05, 3.63) is 35.7 Å². The average Bonchev–Trinajstić information content (AvgIpc) is 3.59. The third-order valence-corrected chi connectivity index (χ3v) is 7.79. The van der Waals surface area contributed by atoms with E-state index in [2.05, 4.69) is 41.9 Å². The molecule has 2 aromatic rings. The number of hydrogen-bond acceptors (Lipinski definition) is 8. The normalized spacial score (nSPS) is 20.2. The molecule has 3 atom stereocenters. The lowest BCUT2D eigenvalue weighted by atomic mass is 9.84.